The minimum Gasteiger partial charge on any atom is -0.308 e. The van der Waals surface area contributed by atoms with Crippen LogP contribution in [-0.2, 0) is 0 Å². The molecule has 0 amide bonds. The largest absolute Gasteiger partial charge is 0.308 e. The minimum atomic E-state index is 0.630. The highest BCUT2D eigenvalue weighted by molar-refractivity contribution is 7.81. The van der Waals surface area contributed by atoms with Gasteiger partial charge >= 0.3 is 0 Å². The van der Waals surface area contributed by atoms with E-state index in [2.05, 4.69) is 12.2 Å². The van der Waals surface area contributed by atoms with Crippen molar-refractivity contribution in [1.82, 2.24) is 0 Å². The van der Waals surface area contributed by atoms with Crippen LogP contribution >= 0.6 is 12.2 Å². The summed E-state index contributed by atoms with van der Waals surface area (Å²) in [5, 5.41) is 6.39. The Morgan fingerprint density at radius 3 is 2.20 bits per heavy atom. The molecule has 0 heterocycles. The van der Waals surface area contributed by atoms with Gasteiger partial charge in [-0.05, 0) is 6.92 Å². The Balaban J connectivity index is 3.20. The molecule has 0 aliphatic carbocycles. The van der Waals surface area contributed by atoms with E-state index in [0.717, 1.165) is 6.21 Å². The third-order valence-electron chi connectivity index (χ3n) is 0.203. The summed E-state index contributed by atoms with van der Waals surface area (Å²) in [4.78, 5) is 0.630. The van der Waals surface area contributed by atoms with E-state index in [-0.39, 0.29) is 0 Å². The van der Waals surface area contributed by atoms with Crippen LogP contribution in [0, 0.1) is 5.41 Å². The Labute approximate surface area is 36.5 Å². The van der Waals surface area contributed by atoms with Crippen LogP contribution in [0.15, 0.2) is 0 Å². The Bertz CT molecular complexity index is 57.9. The Morgan fingerprint density at radius 1 is 2.00 bits per heavy atom. The lowest BCUT2D eigenvalue weighted by Crippen LogP contribution is -1.80. The number of rotatable bonds is 1. The summed E-state index contributed by atoms with van der Waals surface area (Å²) >= 11 is 4.45. The molecule has 0 saturated heterocycles. The maximum atomic E-state index is 6.39. The SMILES string of the molecule is CC(=S)C=N. The Kier molecular flexibility index (Phi) is 1.93. The first-order valence-corrected chi connectivity index (χ1v) is 1.69. The van der Waals surface area contributed by atoms with Crippen LogP contribution in [-0.4, -0.2) is 11.1 Å². The van der Waals surface area contributed by atoms with E-state index < -0.39 is 0 Å². The van der Waals surface area contributed by atoms with Crippen LogP contribution in [0.3, 0.4) is 0 Å². The lowest BCUT2D eigenvalue weighted by molar-refractivity contribution is 1.59. The lowest BCUT2D eigenvalue weighted by Gasteiger charge is -1.66. The van der Waals surface area contributed by atoms with Crippen LogP contribution in [0.5, 0.6) is 0 Å². The molecule has 0 aliphatic heterocycles. The topological polar surface area (TPSA) is 23.9 Å². The number of thiocarbonyl (C=S) groups is 1. The molecule has 28 valence electrons. The highest BCUT2D eigenvalue weighted by Crippen LogP contribution is 1.59. The van der Waals surface area contributed by atoms with E-state index in [1.807, 2.05) is 0 Å². The van der Waals surface area contributed by atoms with Crippen molar-refractivity contribution < 1.29 is 0 Å². The molecule has 2 heteroatoms. The zero-order chi connectivity index (χ0) is 4.28. The maximum Gasteiger partial charge on any atom is 0.0314 e. The van der Waals surface area contributed by atoms with Crippen molar-refractivity contribution in [2.45, 2.75) is 6.92 Å². The fraction of sp³-hybridized carbons (Fsp3) is 0.333. The number of hydrogen-bond donors (Lipinski definition) is 1. The fourth-order valence-electron chi connectivity index (χ4n) is 0. The zero-order valence-electron chi connectivity index (χ0n) is 2.99. The molecule has 0 bridgehead atoms. The van der Waals surface area contributed by atoms with E-state index >= 15 is 0 Å². The van der Waals surface area contributed by atoms with Crippen LogP contribution in [0.25, 0.3) is 0 Å². The summed E-state index contributed by atoms with van der Waals surface area (Å²) in [7, 11) is 0. The van der Waals surface area contributed by atoms with E-state index in [1.165, 1.54) is 0 Å². The van der Waals surface area contributed by atoms with Crippen LogP contribution in [0.4, 0.5) is 0 Å². The molecule has 1 N–H and O–H groups in total. The average Bonchev–Trinajstić information content (AvgIpc) is 1.38. The van der Waals surface area contributed by atoms with Crippen LogP contribution in [0.1, 0.15) is 6.92 Å². The Hall–Kier alpha value is -0.240. The van der Waals surface area contributed by atoms with E-state index in [4.69, 9.17) is 5.41 Å². The molecule has 0 spiro atoms. The van der Waals surface area contributed by atoms with Gasteiger partial charge in [0.2, 0.25) is 0 Å². The smallest absolute Gasteiger partial charge is 0.0314 e. The summed E-state index contributed by atoms with van der Waals surface area (Å²) in [5.74, 6) is 0. The lowest BCUT2D eigenvalue weighted by atomic mass is 10.5. The van der Waals surface area contributed by atoms with Gasteiger partial charge in [0, 0.05) is 11.1 Å². The van der Waals surface area contributed by atoms with Gasteiger partial charge in [-0.3, -0.25) is 0 Å². The molecule has 0 saturated carbocycles. The molecule has 0 atom stereocenters. The van der Waals surface area contributed by atoms with Crippen LogP contribution < -0.4 is 0 Å². The molecule has 0 fully saturated rings. The highest BCUT2D eigenvalue weighted by atomic mass is 32.1. The van der Waals surface area contributed by atoms with Crippen molar-refractivity contribution >= 4 is 23.3 Å². The van der Waals surface area contributed by atoms with Crippen molar-refractivity contribution in [3.05, 3.63) is 0 Å². The molecule has 0 unspecified atom stereocenters. The van der Waals surface area contributed by atoms with Gasteiger partial charge in [-0.15, -0.1) is 0 Å². The third-order valence-corrected chi connectivity index (χ3v) is 0.321. The van der Waals surface area contributed by atoms with Gasteiger partial charge in [-0.1, -0.05) is 12.2 Å². The van der Waals surface area contributed by atoms with Gasteiger partial charge in [-0.25, -0.2) is 0 Å². The first kappa shape index (κ1) is 4.76. The van der Waals surface area contributed by atoms with E-state index in [0.29, 0.717) is 4.86 Å². The molecule has 5 heavy (non-hydrogen) atoms. The first-order valence-electron chi connectivity index (χ1n) is 1.28. The van der Waals surface area contributed by atoms with Crippen molar-refractivity contribution in [2.75, 3.05) is 0 Å². The van der Waals surface area contributed by atoms with Gasteiger partial charge in [-0.2, -0.15) is 0 Å². The molecule has 0 rings (SSSR count). The monoisotopic (exact) mass is 87.0 g/mol. The van der Waals surface area contributed by atoms with Crippen molar-refractivity contribution in [3.8, 4) is 0 Å². The summed E-state index contributed by atoms with van der Waals surface area (Å²) in [6.45, 7) is 1.71. The maximum absolute atomic E-state index is 6.39. The van der Waals surface area contributed by atoms with Gasteiger partial charge in [0.15, 0.2) is 0 Å². The predicted octanol–water partition coefficient (Wildman–Crippen LogP) is 1.03. The summed E-state index contributed by atoms with van der Waals surface area (Å²) < 4.78 is 0. The molecular weight excluding hydrogens is 82.1 g/mol. The molecule has 1 nitrogen and oxygen atoms in total. The van der Waals surface area contributed by atoms with Crippen LogP contribution in [0.2, 0.25) is 0 Å². The molecule has 0 aromatic rings. The van der Waals surface area contributed by atoms with Gasteiger partial charge in [0.05, 0.1) is 0 Å². The van der Waals surface area contributed by atoms with E-state index in [9.17, 15) is 0 Å². The zero-order valence-corrected chi connectivity index (χ0v) is 3.80. The summed E-state index contributed by atoms with van der Waals surface area (Å²) in [6, 6.07) is 0. The second kappa shape index (κ2) is 2.03. The summed E-state index contributed by atoms with van der Waals surface area (Å²) in [5.41, 5.74) is 0. The molecule has 0 aromatic heterocycles. The molecular formula is C3H5NS. The van der Waals surface area contributed by atoms with Crippen molar-refractivity contribution in [3.63, 3.8) is 0 Å². The first-order chi connectivity index (χ1) is 2.27. The third kappa shape index (κ3) is 3.76. The Morgan fingerprint density at radius 2 is 2.20 bits per heavy atom. The molecule has 0 radical (unpaired) electrons. The standard InChI is InChI=1S/C3H5NS/c1-3(5)2-4/h2,4H,1H3. The predicted molar refractivity (Wildman–Crippen MR) is 27.1 cm³/mol. The summed E-state index contributed by atoms with van der Waals surface area (Å²) in [6.07, 6.45) is 1.15. The number of hydrogen-bond acceptors (Lipinski definition) is 2. The quantitative estimate of drug-likeness (QED) is 0.374. The second-order valence-electron chi connectivity index (χ2n) is 0.755. The minimum absolute atomic E-state index is 0.630. The van der Waals surface area contributed by atoms with Gasteiger partial charge < -0.3 is 5.41 Å². The van der Waals surface area contributed by atoms with Crippen molar-refractivity contribution in [1.29, 1.82) is 5.41 Å². The van der Waals surface area contributed by atoms with E-state index in [1.54, 1.807) is 6.92 Å². The normalized spacial score (nSPS) is 6.60. The highest BCUT2D eigenvalue weighted by Gasteiger charge is 1.65. The molecule has 0 aromatic carbocycles. The fourth-order valence-corrected chi connectivity index (χ4v) is 0. The van der Waals surface area contributed by atoms with Gasteiger partial charge in [0.1, 0.15) is 0 Å². The second-order valence-corrected chi connectivity index (χ2v) is 1.40. The average molecular weight is 87.1 g/mol. The van der Waals surface area contributed by atoms with Gasteiger partial charge in [0.25, 0.3) is 0 Å². The van der Waals surface area contributed by atoms with Crippen molar-refractivity contribution in [2.24, 2.45) is 0 Å². The number of nitrogens with one attached hydrogen (secondary N) is 1. The molecule has 0 aliphatic rings.